The first-order valence-electron chi connectivity index (χ1n) is 8.86. The Kier molecular flexibility index (Phi) is 6.20. The quantitative estimate of drug-likeness (QED) is 0.619. The maximum absolute atomic E-state index is 11.9. The molecular formula is C21H22N2O4. The molecule has 0 atom stereocenters. The lowest BCUT2D eigenvalue weighted by Crippen LogP contribution is -2.11. The number of carbonyl (C=O) groups is 2. The highest BCUT2D eigenvalue weighted by Crippen LogP contribution is 2.26. The Labute approximate surface area is 157 Å². The third-order valence-corrected chi connectivity index (χ3v) is 4.39. The Morgan fingerprint density at radius 3 is 2.74 bits per heavy atom. The SMILES string of the molecule is COC(=O)CCOC(=O)CCc1cccc2[nH]cc(Cc3cccnc3)c12. The smallest absolute Gasteiger partial charge is 0.308 e. The van der Waals surface area contributed by atoms with Crippen molar-refractivity contribution in [3.63, 3.8) is 0 Å². The van der Waals surface area contributed by atoms with Gasteiger partial charge < -0.3 is 14.5 Å². The maximum atomic E-state index is 11.9. The van der Waals surface area contributed by atoms with Crippen LogP contribution in [0.3, 0.4) is 0 Å². The fourth-order valence-corrected chi connectivity index (χ4v) is 3.07. The van der Waals surface area contributed by atoms with E-state index in [-0.39, 0.29) is 31.4 Å². The van der Waals surface area contributed by atoms with E-state index < -0.39 is 0 Å². The van der Waals surface area contributed by atoms with Gasteiger partial charge >= 0.3 is 11.9 Å². The summed E-state index contributed by atoms with van der Waals surface area (Å²) in [7, 11) is 1.31. The number of aryl methyl sites for hydroxylation is 1. The first-order valence-corrected chi connectivity index (χ1v) is 8.86. The Morgan fingerprint density at radius 1 is 1.07 bits per heavy atom. The Bertz CT molecular complexity index is 918. The van der Waals surface area contributed by atoms with Crippen LogP contribution in [0.4, 0.5) is 0 Å². The molecule has 0 saturated heterocycles. The molecule has 0 radical (unpaired) electrons. The summed E-state index contributed by atoms with van der Waals surface area (Å²) in [5.74, 6) is -0.708. The standard InChI is InChI=1S/C21H22N2O4/c1-26-19(24)9-11-27-20(25)8-7-16-5-2-6-18-21(16)17(14-23-18)12-15-4-3-10-22-13-15/h2-6,10,13-14,23H,7-9,11-12H2,1H3. The summed E-state index contributed by atoms with van der Waals surface area (Å²) in [5, 5.41) is 1.14. The maximum Gasteiger partial charge on any atom is 0.308 e. The summed E-state index contributed by atoms with van der Waals surface area (Å²) in [5.41, 5.74) is 4.45. The van der Waals surface area contributed by atoms with E-state index in [1.54, 1.807) is 6.20 Å². The number of hydrogen-bond donors (Lipinski definition) is 1. The van der Waals surface area contributed by atoms with Crippen LogP contribution in [0.1, 0.15) is 29.5 Å². The number of nitrogens with zero attached hydrogens (tertiary/aromatic N) is 1. The number of rotatable bonds is 8. The first-order chi connectivity index (χ1) is 13.2. The number of nitrogens with one attached hydrogen (secondary N) is 1. The summed E-state index contributed by atoms with van der Waals surface area (Å²) in [6, 6.07) is 10.0. The molecule has 0 saturated carbocycles. The van der Waals surface area contributed by atoms with Crippen LogP contribution in [0.2, 0.25) is 0 Å². The number of H-pyrrole nitrogens is 1. The lowest BCUT2D eigenvalue weighted by Gasteiger charge is -2.07. The number of pyridine rings is 1. The molecule has 1 N–H and O–H groups in total. The van der Waals surface area contributed by atoms with Crippen LogP contribution in [0.15, 0.2) is 48.9 Å². The molecule has 0 bridgehead atoms. The van der Waals surface area contributed by atoms with E-state index in [1.807, 2.05) is 42.7 Å². The number of fused-ring (bicyclic) bond motifs is 1. The van der Waals surface area contributed by atoms with Crippen LogP contribution in [-0.2, 0) is 31.9 Å². The monoisotopic (exact) mass is 366 g/mol. The second-order valence-electron chi connectivity index (χ2n) is 6.24. The average molecular weight is 366 g/mol. The van der Waals surface area contributed by atoms with Crippen LogP contribution >= 0.6 is 0 Å². The third kappa shape index (κ3) is 4.94. The number of ether oxygens (including phenoxy) is 2. The van der Waals surface area contributed by atoms with Crippen LogP contribution in [0.5, 0.6) is 0 Å². The van der Waals surface area contributed by atoms with Crippen molar-refractivity contribution in [3.05, 3.63) is 65.6 Å². The van der Waals surface area contributed by atoms with Gasteiger partial charge in [0, 0.05) is 42.3 Å². The molecule has 0 fully saturated rings. The second-order valence-corrected chi connectivity index (χ2v) is 6.24. The molecule has 0 spiro atoms. The molecule has 1 aromatic carbocycles. The van der Waals surface area contributed by atoms with Gasteiger partial charge in [-0.2, -0.15) is 0 Å². The topological polar surface area (TPSA) is 81.3 Å². The Hall–Kier alpha value is -3.15. The number of aromatic amines is 1. The molecule has 0 aliphatic rings. The van der Waals surface area contributed by atoms with Crippen molar-refractivity contribution in [2.24, 2.45) is 0 Å². The highest BCUT2D eigenvalue weighted by Gasteiger charge is 2.12. The highest BCUT2D eigenvalue weighted by molar-refractivity contribution is 5.87. The zero-order valence-corrected chi connectivity index (χ0v) is 15.2. The van der Waals surface area contributed by atoms with E-state index in [0.717, 1.165) is 28.5 Å². The van der Waals surface area contributed by atoms with E-state index in [0.29, 0.717) is 6.42 Å². The minimum atomic E-state index is -0.389. The fraction of sp³-hybridized carbons (Fsp3) is 0.286. The van der Waals surface area contributed by atoms with Crippen molar-refractivity contribution in [2.75, 3.05) is 13.7 Å². The van der Waals surface area contributed by atoms with Gasteiger partial charge in [-0.1, -0.05) is 18.2 Å². The lowest BCUT2D eigenvalue weighted by molar-refractivity contribution is -0.147. The average Bonchev–Trinajstić information content (AvgIpc) is 3.10. The number of carbonyl (C=O) groups excluding carboxylic acids is 2. The van der Waals surface area contributed by atoms with Gasteiger partial charge in [0.25, 0.3) is 0 Å². The van der Waals surface area contributed by atoms with Crippen LogP contribution in [-0.4, -0.2) is 35.6 Å². The molecule has 2 heterocycles. The third-order valence-electron chi connectivity index (χ3n) is 4.39. The van der Waals surface area contributed by atoms with Crippen molar-refractivity contribution >= 4 is 22.8 Å². The fourth-order valence-electron chi connectivity index (χ4n) is 3.07. The van der Waals surface area contributed by atoms with E-state index in [1.165, 1.54) is 12.7 Å². The molecule has 2 aromatic heterocycles. The van der Waals surface area contributed by atoms with Crippen molar-refractivity contribution in [1.82, 2.24) is 9.97 Å². The molecule has 0 unspecified atom stereocenters. The van der Waals surface area contributed by atoms with Gasteiger partial charge in [-0.05, 0) is 35.2 Å². The van der Waals surface area contributed by atoms with E-state index >= 15 is 0 Å². The number of esters is 2. The summed E-state index contributed by atoms with van der Waals surface area (Å²) < 4.78 is 9.62. The number of aromatic nitrogens is 2. The summed E-state index contributed by atoms with van der Waals surface area (Å²) in [6.45, 7) is 0.0477. The van der Waals surface area contributed by atoms with Gasteiger partial charge in [-0.25, -0.2) is 0 Å². The second kappa shape index (κ2) is 8.98. The minimum Gasteiger partial charge on any atom is -0.469 e. The molecule has 3 rings (SSSR count). The van der Waals surface area contributed by atoms with E-state index in [2.05, 4.69) is 14.7 Å². The molecule has 0 aliphatic heterocycles. The molecule has 6 nitrogen and oxygen atoms in total. The molecule has 0 amide bonds. The molecule has 140 valence electrons. The Morgan fingerprint density at radius 2 is 1.96 bits per heavy atom. The van der Waals surface area contributed by atoms with E-state index in [9.17, 15) is 9.59 Å². The zero-order valence-electron chi connectivity index (χ0n) is 15.2. The first kappa shape index (κ1) is 18.6. The molecule has 3 aromatic rings. The van der Waals surface area contributed by atoms with Crippen LogP contribution in [0.25, 0.3) is 10.9 Å². The largest absolute Gasteiger partial charge is 0.469 e. The predicted octanol–water partition coefficient (Wildman–Crippen LogP) is 3.19. The van der Waals surface area contributed by atoms with Gasteiger partial charge in [0.15, 0.2) is 0 Å². The predicted molar refractivity (Wildman–Crippen MR) is 101 cm³/mol. The number of hydrogen-bond acceptors (Lipinski definition) is 5. The van der Waals surface area contributed by atoms with Gasteiger partial charge in [0.2, 0.25) is 0 Å². The van der Waals surface area contributed by atoms with Crippen molar-refractivity contribution in [1.29, 1.82) is 0 Å². The molecule has 27 heavy (non-hydrogen) atoms. The normalized spacial score (nSPS) is 10.7. The molecule has 0 aliphatic carbocycles. The van der Waals surface area contributed by atoms with Crippen LogP contribution in [0, 0.1) is 0 Å². The Balaban J connectivity index is 1.67. The summed E-state index contributed by atoms with van der Waals surface area (Å²) >= 11 is 0. The van der Waals surface area contributed by atoms with Crippen LogP contribution < -0.4 is 0 Å². The van der Waals surface area contributed by atoms with Gasteiger partial charge in [0.05, 0.1) is 13.5 Å². The van der Waals surface area contributed by atoms with Crippen molar-refractivity contribution < 1.29 is 19.1 Å². The van der Waals surface area contributed by atoms with Gasteiger partial charge in [0.1, 0.15) is 6.61 Å². The van der Waals surface area contributed by atoms with E-state index in [4.69, 9.17) is 4.74 Å². The number of methoxy groups -OCH3 is 1. The van der Waals surface area contributed by atoms with Crippen molar-refractivity contribution in [2.45, 2.75) is 25.7 Å². The molecule has 6 heteroatoms. The minimum absolute atomic E-state index is 0.0477. The summed E-state index contributed by atoms with van der Waals surface area (Å²) in [4.78, 5) is 30.5. The number of benzene rings is 1. The highest BCUT2D eigenvalue weighted by atomic mass is 16.5. The van der Waals surface area contributed by atoms with Gasteiger partial charge in [-0.15, -0.1) is 0 Å². The molecular weight excluding hydrogens is 344 g/mol. The lowest BCUT2D eigenvalue weighted by atomic mass is 9.99. The zero-order chi connectivity index (χ0) is 19.1. The summed E-state index contributed by atoms with van der Waals surface area (Å²) in [6.07, 6.45) is 7.31. The van der Waals surface area contributed by atoms with Gasteiger partial charge in [-0.3, -0.25) is 14.6 Å². The van der Waals surface area contributed by atoms with Crippen molar-refractivity contribution in [3.8, 4) is 0 Å².